The number of anilines is 2. The van der Waals surface area contributed by atoms with Gasteiger partial charge in [0.15, 0.2) is 5.16 Å². The first kappa shape index (κ1) is 13.1. The summed E-state index contributed by atoms with van der Waals surface area (Å²) in [7, 11) is 0. The standard InChI is InChI=1S/C13H14FN5S/c14-9-4-3-5-10(8-9)20-13-17-11(15)16-12(18-13)19-6-1-2-7-19/h3-5,8H,1-2,6-7H2,(H2,15,16,17,18). The predicted molar refractivity (Wildman–Crippen MR) is 76.2 cm³/mol. The number of nitrogens with two attached hydrogens (primary N) is 1. The van der Waals surface area contributed by atoms with Crippen molar-refractivity contribution in [3.05, 3.63) is 30.1 Å². The minimum atomic E-state index is -0.281. The smallest absolute Gasteiger partial charge is 0.231 e. The van der Waals surface area contributed by atoms with Crippen LogP contribution in [0.4, 0.5) is 16.3 Å². The topological polar surface area (TPSA) is 67.9 Å². The van der Waals surface area contributed by atoms with Crippen LogP contribution in [0.15, 0.2) is 34.3 Å². The van der Waals surface area contributed by atoms with Crippen LogP contribution in [0.1, 0.15) is 12.8 Å². The Labute approximate surface area is 120 Å². The number of benzene rings is 1. The van der Waals surface area contributed by atoms with E-state index in [9.17, 15) is 4.39 Å². The van der Waals surface area contributed by atoms with Crippen molar-refractivity contribution >= 4 is 23.7 Å². The molecule has 0 atom stereocenters. The van der Waals surface area contributed by atoms with Crippen molar-refractivity contribution in [3.63, 3.8) is 0 Å². The van der Waals surface area contributed by atoms with Gasteiger partial charge in [0.2, 0.25) is 11.9 Å². The van der Waals surface area contributed by atoms with Crippen molar-refractivity contribution in [2.45, 2.75) is 22.9 Å². The maximum atomic E-state index is 13.2. The van der Waals surface area contributed by atoms with Gasteiger partial charge in [-0.3, -0.25) is 0 Å². The Bertz CT molecular complexity index is 615. The number of nitrogen functional groups attached to an aromatic ring is 1. The largest absolute Gasteiger partial charge is 0.368 e. The van der Waals surface area contributed by atoms with E-state index in [1.165, 1.54) is 23.9 Å². The number of hydrogen-bond acceptors (Lipinski definition) is 6. The van der Waals surface area contributed by atoms with Gasteiger partial charge in [-0.25, -0.2) is 4.39 Å². The lowest BCUT2D eigenvalue weighted by molar-refractivity contribution is 0.624. The second kappa shape index (κ2) is 5.62. The summed E-state index contributed by atoms with van der Waals surface area (Å²) in [6.45, 7) is 1.88. The summed E-state index contributed by atoms with van der Waals surface area (Å²) < 4.78 is 13.2. The summed E-state index contributed by atoms with van der Waals surface area (Å²) in [4.78, 5) is 15.5. The summed E-state index contributed by atoms with van der Waals surface area (Å²) in [5, 5.41) is 0.491. The van der Waals surface area contributed by atoms with Gasteiger partial charge in [-0.1, -0.05) is 6.07 Å². The summed E-state index contributed by atoms with van der Waals surface area (Å²) in [5.41, 5.74) is 5.73. The lowest BCUT2D eigenvalue weighted by Gasteiger charge is -2.15. The average Bonchev–Trinajstić information content (AvgIpc) is 2.91. The minimum Gasteiger partial charge on any atom is -0.368 e. The van der Waals surface area contributed by atoms with Crippen LogP contribution in [0.25, 0.3) is 0 Å². The predicted octanol–water partition coefficient (Wildman–Crippen LogP) is 2.34. The Morgan fingerprint density at radius 3 is 2.70 bits per heavy atom. The monoisotopic (exact) mass is 291 g/mol. The second-order valence-corrected chi connectivity index (χ2v) is 5.57. The fourth-order valence-corrected chi connectivity index (χ4v) is 2.90. The number of hydrogen-bond donors (Lipinski definition) is 1. The first-order valence-electron chi connectivity index (χ1n) is 6.40. The van der Waals surface area contributed by atoms with Gasteiger partial charge in [-0.2, -0.15) is 15.0 Å². The first-order valence-corrected chi connectivity index (χ1v) is 7.22. The lowest BCUT2D eigenvalue weighted by Crippen LogP contribution is -2.21. The Morgan fingerprint density at radius 2 is 1.95 bits per heavy atom. The van der Waals surface area contributed by atoms with Crippen molar-refractivity contribution < 1.29 is 4.39 Å². The molecule has 0 spiro atoms. The number of nitrogens with zero attached hydrogens (tertiary/aromatic N) is 4. The summed E-state index contributed by atoms with van der Waals surface area (Å²) in [6.07, 6.45) is 2.27. The van der Waals surface area contributed by atoms with Crippen molar-refractivity contribution in [2.75, 3.05) is 23.7 Å². The molecule has 2 heterocycles. The fourth-order valence-electron chi connectivity index (χ4n) is 2.10. The van der Waals surface area contributed by atoms with Gasteiger partial charge >= 0.3 is 0 Å². The SMILES string of the molecule is Nc1nc(Sc2cccc(F)c2)nc(N2CCCC2)n1. The van der Waals surface area contributed by atoms with Crippen LogP contribution in [0.3, 0.4) is 0 Å². The molecule has 0 aliphatic carbocycles. The molecule has 5 nitrogen and oxygen atoms in total. The zero-order chi connectivity index (χ0) is 13.9. The van der Waals surface area contributed by atoms with Crippen LogP contribution in [-0.2, 0) is 0 Å². The molecule has 1 aliphatic rings. The summed E-state index contributed by atoms with van der Waals surface area (Å²) in [6, 6.07) is 6.31. The normalized spacial score (nSPS) is 14.8. The molecule has 3 rings (SSSR count). The molecule has 1 aromatic heterocycles. The molecule has 7 heteroatoms. The molecule has 1 fully saturated rings. The molecule has 20 heavy (non-hydrogen) atoms. The van der Waals surface area contributed by atoms with Gasteiger partial charge in [-0.15, -0.1) is 0 Å². The van der Waals surface area contributed by atoms with E-state index in [0.717, 1.165) is 30.8 Å². The Morgan fingerprint density at radius 1 is 1.15 bits per heavy atom. The molecule has 0 amide bonds. The van der Waals surface area contributed by atoms with E-state index < -0.39 is 0 Å². The van der Waals surface area contributed by atoms with Crippen LogP contribution in [0.2, 0.25) is 0 Å². The molecular formula is C13H14FN5S. The molecule has 2 N–H and O–H groups in total. The molecule has 104 valence electrons. The van der Waals surface area contributed by atoms with E-state index in [4.69, 9.17) is 5.73 Å². The molecule has 0 radical (unpaired) electrons. The zero-order valence-electron chi connectivity index (χ0n) is 10.8. The van der Waals surface area contributed by atoms with Crippen LogP contribution in [0, 0.1) is 5.82 Å². The Balaban J connectivity index is 1.85. The average molecular weight is 291 g/mol. The van der Waals surface area contributed by atoms with Gasteiger partial charge < -0.3 is 10.6 Å². The van der Waals surface area contributed by atoms with Crippen LogP contribution in [0.5, 0.6) is 0 Å². The highest BCUT2D eigenvalue weighted by molar-refractivity contribution is 7.99. The van der Waals surface area contributed by atoms with E-state index in [1.54, 1.807) is 6.07 Å². The third kappa shape index (κ3) is 2.98. The van der Waals surface area contributed by atoms with Crippen molar-refractivity contribution in [1.82, 2.24) is 15.0 Å². The van der Waals surface area contributed by atoms with Gasteiger partial charge in [0.05, 0.1) is 0 Å². The molecule has 0 unspecified atom stereocenters. The number of aromatic nitrogens is 3. The minimum absolute atomic E-state index is 0.195. The third-order valence-corrected chi connectivity index (χ3v) is 3.87. The summed E-state index contributed by atoms with van der Waals surface area (Å²) >= 11 is 1.28. The van der Waals surface area contributed by atoms with E-state index >= 15 is 0 Å². The highest BCUT2D eigenvalue weighted by atomic mass is 32.2. The highest BCUT2D eigenvalue weighted by Gasteiger charge is 2.17. The molecule has 0 bridgehead atoms. The number of rotatable bonds is 3. The van der Waals surface area contributed by atoms with Gasteiger partial charge in [-0.05, 0) is 42.8 Å². The molecule has 1 aromatic carbocycles. The Hall–Kier alpha value is -1.89. The zero-order valence-corrected chi connectivity index (χ0v) is 11.6. The lowest BCUT2D eigenvalue weighted by atomic mass is 10.4. The maximum Gasteiger partial charge on any atom is 0.231 e. The van der Waals surface area contributed by atoms with E-state index in [0.29, 0.717) is 11.1 Å². The maximum absolute atomic E-state index is 13.2. The van der Waals surface area contributed by atoms with E-state index in [-0.39, 0.29) is 11.8 Å². The molecule has 2 aromatic rings. The van der Waals surface area contributed by atoms with E-state index in [2.05, 4.69) is 19.9 Å². The van der Waals surface area contributed by atoms with Crippen LogP contribution < -0.4 is 10.6 Å². The quantitative estimate of drug-likeness (QED) is 0.936. The second-order valence-electron chi connectivity index (χ2n) is 4.53. The van der Waals surface area contributed by atoms with Crippen molar-refractivity contribution in [2.24, 2.45) is 0 Å². The van der Waals surface area contributed by atoms with Crippen molar-refractivity contribution in [3.8, 4) is 0 Å². The van der Waals surface area contributed by atoms with Crippen LogP contribution in [-0.4, -0.2) is 28.0 Å². The third-order valence-electron chi connectivity index (χ3n) is 3.01. The van der Waals surface area contributed by atoms with Gasteiger partial charge in [0, 0.05) is 18.0 Å². The van der Waals surface area contributed by atoms with Crippen LogP contribution >= 0.6 is 11.8 Å². The first-order chi connectivity index (χ1) is 9.70. The summed E-state index contributed by atoms with van der Waals surface area (Å²) in [5.74, 6) is 0.520. The highest BCUT2D eigenvalue weighted by Crippen LogP contribution is 2.27. The van der Waals surface area contributed by atoms with Crippen molar-refractivity contribution in [1.29, 1.82) is 0 Å². The number of halogens is 1. The Kier molecular flexibility index (Phi) is 3.68. The van der Waals surface area contributed by atoms with Gasteiger partial charge in [0.1, 0.15) is 5.82 Å². The molecule has 1 saturated heterocycles. The van der Waals surface area contributed by atoms with E-state index in [1.807, 2.05) is 6.07 Å². The fraction of sp³-hybridized carbons (Fsp3) is 0.308. The molecule has 1 aliphatic heterocycles. The molecule has 0 saturated carbocycles. The van der Waals surface area contributed by atoms with Gasteiger partial charge in [0.25, 0.3) is 0 Å². The molecular weight excluding hydrogens is 277 g/mol.